The first-order chi connectivity index (χ1) is 25.0. The number of amides is 1. The smallest absolute Gasteiger partial charge is 0.222 e. The van der Waals surface area contributed by atoms with Crippen LogP contribution in [0.3, 0.4) is 0 Å². The van der Waals surface area contributed by atoms with E-state index in [9.17, 15) is 20.1 Å². The largest absolute Gasteiger partial charge is 0.394 e. The van der Waals surface area contributed by atoms with Crippen LogP contribution in [0.15, 0.2) is 24.3 Å². The second kappa shape index (κ2) is 41.6. The van der Waals surface area contributed by atoms with Gasteiger partial charge in [-0.1, -0.05) is 212 Å². The number of aliphatic hydroxyl groups excluding tert-OH is 3. The number of hydrogen-bond donors (Lipinski definition) is 4. The van der Waals surface area contributed by atoms with Gasteiger partial charge in [-0.15, -0.1) is 0 Å². The van der Waals surface area contributed by atoms with E-state index in [-0.39, 0.29) is 18.9 Å². The van der Waals surface area contributed by atoms with Gasteiger partial charge in [0.2, 0.25) is 5.91 Å². The fraction of sp³-hybridized carbons (Fsp3) is 0.891. The molecule has 0 aliphatic heterocycles. The van der Waals surface area contributed by atoms with Crippen LogP contribution in [0.5, 0.6) is 0 Å². The van der Waals surface area contributed by atoms with Gasteiger partial charge in [0.05, 0.1) is 31.3 Å². The van der Waals surface area contributed by atoms with E-state index >= 15 is 0 Å². The molecule has 0 fully saturated rings. The van der Waals surface area contributed by atoms with Gasteiger partial charge in [-0.05, 0) is 44.9 Å². The molecule has 0 rings (SSSR count). The van der Waals surface area contributed by atoms with E-state index in [1.54, 1.807) is 6.08 Å². The lowest BCUT2D eigenvalue weighted by atomic mass is 10.0. The summed E-state index contributed by atoms with van der Waals surface area (Å²) in [6.45, 7) is 4.19. The Morgan fingerprint density at radius 1 is 0.490 bits per heavy atom. The van der Waals surface area contributed by atoms with Crippen LogP contribution in [-0.4, -0.2) is 46.1 Å². The second-order valence-electron chi connectivity index (χ2n) is 15.7. The summed E-state index contributed by atoms with van der Waals surface area (Å²) >= 11 is 0. The molecule has 0 radical (unpaired) electrons. The number of carbonyl (C=O) groups is 1. The van der Waals surface area contributed by atoms with Crippen molar-refractivity contribution in [3.8, 4) is 0 Å². The molecular formula is C46H89NO4. The standard InChI is InChI=1S/C46H89NO4/c1-3-5-7-9-11-13-14-15-16-17-18-19-20-21-22-23-24-25-26-27-28-29-30-32-33-35-37-39-43(49)41-46(51)47-44(42-48)45(50)40-38-36-34-31-12-10-8-6-4-2/h21-22,38,40,43-45,48-50H,3-20,23-37,39,41-42H2,1-2H3,(H,47,51)/b22-21-,40-38+. The Kier molecular flexibility index (Phi) is 40.6. The highest BCUT2D eigenvalue weighted by atomic mass is 16.3. The van der Waals surface area contributed by atoms with Gasteiger partial charge in [0.15, 0.2) is 0 Å². The number of allylic oxidation sites excluding steroid dienone is 3. The lowest BCUT2D eigenvalue weighted by molar-refractivity contribution is -0.124. The van der Waals surface area contributed by atoms with Crippen LogP contribution < -0.4 is 5.32 Å². The SMILES string of the molecule is CCCCCCCCC/C=C/C(O)C(CO)NC(=O)CC(O)CCCCCCCCCCCCC/C=C\CCCCCCCCCCCCCC. The molecule has 4 N–H and O–H groups in total. The minimum Gasteiger partial charge on any atom is -0.394 e. The molecule has 0 saturated heterocycles. The van der Waals surface area contributed by atoms with Crippen molar-refractivity contribution in [3.05, 3.63) is 24.3 Å². The minimum atomic E-state index is -0.924. The third kappa shape index (κ3) is 38.4. The highest BCUT2D eigenvalue weighted by Crippen LogP contribution is 2.16. The van der Waals surface area contributed by atoms with E-state index in [0.717, 1.165) is 25.7 Å². The summed E-state index contributed by atoms with van der Waals surface area (Å²) in [5, 5.41) is 33.1. The van der Waals surface area contributed by atoms with E-state index in [1.165, 1.54) is 186 Å². The molecule has 0 heterocycles. The second-order valence-corrected chi connectivity index (χ2v) is 15.7. The maximum atomic E-state index is 12.4. The molecule has 5 heteroatoms. The van der Waals surface area contributed by atoms with E-state index < -0.39 is 18.2 Å². The van der Waals surface area contributed by atoms with Crippen LogP contribution in [0.25, 0.3) is 0 Å². The quantitative estimate of drug-likeness (QED) is 0.0374. The van der Waals surface area contributed by atoms with Gasteiger partial charge < -0.3 is 20.6 Å². The molecule has 0 aliphatic rings. The molecule has 0 aromatic carbocycles. The lowest BCUT2D eigenvalue weighted by Gasteiger charge is -2.21. The Morgan fingerprint density at radius 3 is 1.20 bits per heavy atom. The van der Waals surface area contributed by atoms with Crippen LogP contribution >= 0.6 is 0 Å². The van der Waals surface area contributed by atoms with E-state index in [2.05, 4.69) is 31.3 Å². The monoisotopic (exact) mass is 720 g/mol. The molecule has 0 saturated carbocycles. The highest BCUT2D eigenvalue weighted by Gasteiger charge is 2.20. The summed E-state index contributed by atoms with van der Waals surface area (Å²) in [6.07, 6.45) is 50.6. The average molecular weight is 720 g/mol. The van der Waals surface area contributed by atoms with E-state index in [0.29, 0.717) is 6.42 Å². The first kappa shape index (κ1) is 49.8. The van der Waals surface area contributed by atoms with Gasteiger partial charge in [-0.2, -0.15) is 0 Å². The summed E-state index contributed by atoms with van der Waals surface area (Å²) in [7, 11) is 0. The fourth-order valence-electron chi connectivity index (χ4n) is 6.98. The number of carbonyl (C=O) groups excluding carboxylic acids is 1. The summed E-state index contributed by atoms with van der Waals surface area (Å²) in [5.74, 6) is -0.317. The Morgan fingerprint density at radius 2 is 0.824 bits per heavy atom. The fourth-order valence-corrected chi connectivity index (χ4v) is 6.98. The first-order valence-corrected chi connectivity index (χ1v) is 22.6. The Bertz CT molecular complexity index is 754. The van der Waals surface area contributed by atoms with E-state index in [4.69, 9.17) is 0 Å². The van der Waals surface area contributed by atoms with Crippen LogP contribution in [0.2, 0.25) is 0 Å². The van der Waals surface area contributed by atoms with Gasteiger partial charge in [0.1, 0.15) is 0 Å². The summed E-state index contributed by atoms with van der Waals surface area (Å²) < 4.78 is 0. The maximum absolute atomic E-state index is 12.4. The number of unbranched alkanes of at least 4 members (excludes halogenated alkanes) is 30. The molecule has 0 aromatic heterocycles. The third-order valence-corrected chi connectivity index (χ3v) is 10.5. The summed E-state index contributed by atoms with van der Waals surface area (Å²) in [5.41, 5.74) is 0. The highest BCUT2D eigenvalue weighted by molar-refractivity contribution is 5.76. The van der Waals surface area contributed by atoms with Crippen molar-refractivity contribution in [1.29, 1.82) is 0 Å². The summed E-state index contributed by atoms with van der Waals surface area (Å²) in [6, 6.07) is -0.740. The normalized spacial score (nSPS) is 13.7. The van der Waals surface area contributed by atoms with Crippen LogP contribution in [0.1, 0.15) is 239 Å². The number of aliphatic hydroxyl groups is 3. The average Bonchev–Trinajstić information content (AvgIpc) is 3.12. The Labute approximate surface area is 318 Å². The molecule has 0 spiro atoms. The molecule has 0 aliphatic carbocycles. The van der Waals surface area contributed by atoms with Gasteiger partial charge in [-0.3, -0.25) is 4.79 Å². The van der Waals surface area contributed by atoms with Crippen LogP contribution in [0.4, 0.5) is 0 Å². The zero-order valence-corrected chi connectivity index (χ0v) is 34.2. The van der Waals surface area contributed by atoms with Crippen molar-refractivity contribution >= 4 is 5.91 Å². The number of rotatable bonds is 41. The molecule has 3 atom stereocenters. The molecule has 1 amide bonds. The van der Waals surface area contributed by atoms with Crippen molar-refractivity contribution in [2.24, 2.45) is 0 Å². The zero-order valence-electron chi connectivity index (χ0n) is 34.2. The zero-order chi connectivity index (χ0) is 37.3. The molecule has 302 valence electrons. The van der Waals surface area contributed by atoms with Gasteiger partial charge >= 0.3 is 0 Å². The predicted octanol–water partition coefficient (Wildman–Crippen LogP) is 13.0. The van der Waals surface area contributed by atoms with Crippen LogP contribution in [0, 0.1) is 0 Å². The van der Waals surface area contributed by atoms with Gasteiger partial charge in [0.25, 0.3) is 0 Å². The molecule has 0 aromatic rings. The third-order valence-electron chi connectivity index (χ3n) is 10.5. The van der Waals surface area contributed by atoms with Crippen molar-refractivity contribution in [2.75, 3.05) is 6.61 Å². The van der Waals surface area contributed by atoms with E-state index in [1.807, 2.05) is 6.08 Å². The van der Waals surface area contributed by atoms with Crippen molar-refractivity contribution in [2.45, 2.75) is 257 Å². The van der Waals surface area contributed by atoms with Crippen molar-refractivity contribution < 1.29 is 20.1 Å². The molecule has 51 heavy (non-hydrogen) atoms. The number of nitrogens with one attached hydrogen (secondary N) is 1. The summed E-state index contributed by atoms with van der Waals surface area (Å²) in [4.78, 5) is 12.4. The Balaban J connectivity index is 3.53. The molecule has 3 unspecified atom stereocenters. The number of hydrogen-bond acceptors (Lipinski definition) is 4. The molecule has 0 bridgehead atoms. The topological polar surface area (TPSA) is 89.8 Å². The minimum absolute atomic E-state index is 0.0146. The Hall–Kier alpha value is -1.17. The first-order valence-electron chi connectivity index (χ1n) is 22.6. The lowest BCUT2D eigenvalue weighted by Crippen LogP contribution is -2.45. The van der Waals surface area contributed by atoms with Gasteiger partial charge in [-0.25, -0.2) is 0 Å². The van der Waals surface area contributed by atoms with Crippen molar-refractivity contribution in [1.82, 2.24) is 5.32 Å². The molecule has 5 nitrogen and oxygen atoms in total. The molecular weight excluding hydrogens is 631 g/mol. The van der Waals surface area contributed by atoms with Crippen molar-refractivity contribution in [3.63, 3.8) is 0 Å². The van der Waals surface area contributed by atoms with Crippen LogP contribution in [-0.2, 0) is 4.79 Å². The maximum Gasteiger partial charge on any atom is 0.222 e. The van der Waals surface area contributed by atoms with Gasteiger partial charge in [0, 0.05) is 0 Å². The predicted molar refractivity (Wildman–Crippen MR) is 222 cm³/mol.